The zero-order valence-electron chi connectivity index (χ0n) is 22.3. The van der Waals surface area contributed by atoms with Gasteiger partial charge in [-0.15, -0.1) is 0 Å². The number of aromatic nitrogens is 2. The summed E-state index contributed by atoms with van der Waals surface area (Å²) in [7, 11) is 1.57. The molecule has 0 fully saturated rings. The number of halogens is 1. The summed E-state index contributed by atoms with van der Waals surface area (Å²) in [6, 6.07) is 14.9. The molecule has 9 heteroatoms. The van der Waals surface area contributed by atoms with Crippen LogP contribution in [0.25, 0.3) is 11.8 Å². The Balaban J connectivity index is 1.69. The summed E-state index contributed by atoms with van der Waals surface area (Å²) in [4.78, 5) is 32.2. The topological polar surface area (TPSA) is 74.8 Å². The molecule has 0 bridgehead atoms. The average Bonchev–Trinajstić information content (AvgIpc) is 3.37. The van der Waals surface area contributed by atoms with Crippen molar-refractivity contribution in [3.8, 4) is 11.4 Å². The number of rotatable bonds is 6. The Labute approximate surface area is 228 Å². The fraction of sp³-hybridized carbons (Fsp3) is 0.233. The minimum absolute atomic E-state index is 0.203. The summed E-state index contributed by atoms with van der Waals surface area (Å²) < 4.78 is 28.3. The van der Waals surface area contributed by atoms with Gasteiger partial charge in [0.25, 0.3) is 5.56 Å². The van der Waals surface area contributed by atoms with E-state index >= 15 is 0 Å². The van der Waals surface area contributed by atoms with Gasteiger partial charge < -0.3 is 14.0 Å². The first-order valence-electron chi connectivity index (χ1n) is 12.5. The highest BCUT2D eigenvalue weighted by Crippen LogP contribution is 2.32. The second kappa shape index (κ2) is 10.5. The molecule has 0 saturated heterocycles. The number of hydrogen-bond acceptors (Lipinski definition) is 6. The highest BCUT2D eigenvalue weighted by Gasteiger charge is 2.33. The molecule has 39 heavy (non-hydrogen) atoms. The third-order valence-corrected chi connectivity index (χ3v) is 7.75. The maximum Gasteiger partial charge on any atom is 0.338 e. The number of aryl methyl sites for hydroxylation is 1. The lowest BCUT2D eigenvalue weighted by atomic mass is 9.95. The SMILES string of the molecule is CCOC(=O)C1=C(C)N=c2s/c(=C/c3cc(C)n(-c4ccc(F)cc4)c3C)c(=O)n2[C@@H]1c1cccc(OC)c1. The van der Waals surface area contributed by atoms with E-state index in [0.717, 1.165) is 22.6 Å². The number of carbonyl (C=O) groups excluding carboxylic acids is 1. The quantitative estimate of drug-likeness (QED) is 0.338. The van der Waals surface area contributed by atoms with Crippen LogP contribution in [0.3, 0.4) is 0 Å². The number of fused-ring (bicyclic) bond motifs is 1. The molecular weight excluding hydrogens is 517 g/mol. The lowest BCUT2D eigenvalue weighted by Gasteiger charge is -2.25. The summed E-state index contributed by atoms with van der Waals surface area (Å²) in [6.07, 6.45) is 1.85. The van der Waals surface area contributed by atoms with Gasteiger partial charge in [0.2, 0.25) is 0 Å². The second-order valence-corrected chi connectivity index (χ2v) is 10.2. The molecule has 0 unspecified atom stereocenters. The third-order valence-electron chi connectivity index (χ3n) is 6.77. The number of hydrogen-bond donors (Lipinski definition) is 0. The smallest absolute Gasteiger partial charge is 0.338 e. The van der Waals surface area contributed by atoms with Crippen LogP contribution in [0.5, 0.6) is 5.75 Å². The van der Waals surface area contributed by atoms with Crippen LogP contribution in [0, 0.1) is 19.7 Å². The van der Waals surface area contributed by atoms with E-state index in [-0.39, 0.29) is 18.0 Å². The Morgan fingerprint density at radius 1 is 1.13 bits per heavy atom. The van der Waals surface area contributed by atoms with Crippen molar-refractivity contribution in [2.24, 2.45) is 4.99 Å². The number of methoxy groups -OCH3 is 1. The molecule has 0 saturated carbocycles. The Bertz CT molecular complexity index is 1790. The molecule has 200 valence electrons. The molecule has 1 aliphatic rings. The van der Waals surface area contributed by atoms with Gasteiger partial charge >= 0.3 is 5.97 Å². The summed E-state index contributed by atoms with van der Waals surface area (Å²) in [5.74, 6) is -0.199. The van der Waals surface area contributed by atoms with Crippen LogP contribution in [0.1, 0.15) is 42.4 Å². The van der Waals surface area contributed by atoms with Gasteiger partial charge in [0.15, 0.2) is 4.80 Å². The lowest BCUT2D eigenvalue weighted by Crippen LogP contribution is -2.39. The Hall–Kier alpha value is -4.24. The van der Waals surface area contributed by atoms with E-state index in [2.05, 4.69) is 4.99 Å². The van der Waals surface area contributed by atoms with Gasteiger partial charge in [-0.05, 0) is 87.4 Å². The Kier molecular flexibility index (Phi) is 7.10. The number of esters is 1. The van der Waals surface area contributed by atoms with Crippen LogP contribution in [-0.4, -0.2) is 28.8 Å². The molecule has 0 aliphatic carbocycles. The van der Waals surface area contributed by atoms with Crippen molar-refractivity contribution < 1.29 is 18.7 Å². The van der Waals surface area contributed by atoms with Gasteiger partial charge in [-0.1, -0.05) is 23.5 Å². The fourth-order valence-corrected chi connectivity index (χ4v) is 6.02. The minimum atomic E-state index is -0.718. The van der Waals surface area contributed by atoms with E-state index in [1.807, 2.05) is 54.8 Å². The highest BCUT2D eigenvalue weighted by atomic mass is 32.1. The number of carbonyl (C=O) groups is 1. The average molecular weight is 546 g/mol. The molecule has 3 heterocycles. The van der Waals surface area contributed by atoms with Gasteiger partial charge in [0.1, 0.15) is 11.6 Å². The Morgan fingerprint density at radius 2 is 1.87 bits per heavy atom. The van der Waals surface area contributed by atoms with E-state index in [4.69, 9.17) is 9.47 Å². The van der Waals surface area contributed by atoms with Crippen molar-refractivity contribution in [2.45, 2.75) is 33.7 Å². The van der Waals surface area contributed by atoms with E-state index < -0.39 is 12.0 Å². The predicted molar refractivity (Wildman–Crippen MR) is 149 cm³/mol. The van der Waals surface area contributed by atoms with Crippen molar-refractivity contribution in [3.63, 3.8) is 0 Å². The molecular formula is C30H28FN3O4S. The maximum atomic E-state index is 13.9. The van der Waals surface area contributed by atoms with Gasteiger partial charge in [0, 0.05) is 17.1 Å². The van der Waals surface area contributed by atoms with Crippen molar-refractivity contribution in [2.75, 3.05) is 13.7 Å². The van der Waals surface area contributed by atoms with Crippen molar-refractivity contribution >= 4 is 23.4 Å². The minimum Gasteiger partial charge on any atom is -0.497 e. The van der Waals surface area contributed by atoms with E-state index in [9.17, 15) is 14.0 Å². The van der Waals surface area contributed by atoms with Gasteiger partial charge in [-0.2, -0.15) is 0 Å². The van der Waals surface area contributed by atoms with Crippen LogP contribution >= 0.6 is 11.3 Å². The first-order chi connectivity index (χ1) is 18.7. The van der Waals surface area contributed by atoms with Crippen LogP contribution in [0.15, 0.2) is 75.7 Å². The number of ether oxygens (including phenoxy) is 2. The molecule has 0 amide bonds. The molecule has 4 aromatic rings. The standard InChI is InChI=1S/C30H28FN3O4S/c1-6-38-29(36)26-18(3)32-30-34(27(26)20-8-7-9-24(15-20)37-5)28(35)25(39-30)16-21-14-17(2)33(19(21)4)23-12-10-22(31)11-13-23/h7-16,27H,6H2,1-5H3/b25-16+/t27-/m1/s1. The summed E-state index contributed by atoms with van der Waals surface area (Å²) in [5.41, 5.74) is 4.84. The van der Waals surface area contributed by atoms with Crippen LogP contribution in [0.2, 0.25) is 0 Å². The van der Waals surface area contributed by atoms with Gasteiger partial charge in [0.05, 0.1) is 35.6 Å². The number of allylic oxidation sites excluding steroid dienone is 1. The number of thiazole rings is 1. The van der Waals surface area contributed by atoms with E-state index in [0.29, 0.717) is 31.9 Å². The fourth-order valence-electron chi connectivity index (χ4n) is 4.98. The first kappa shape index (κ1) is 26.4. The van der Waals surface area contributed by atoms with Crippen LogP contribution in [-0.2, 0) is 9.53 Å². The molecule has 0 radical (unpaired) electrons. The number of nitrogens with zero attached hydrogens (tertiary/aromatic N) is 3. The van der Waals surface area contributed by atoms with Crippen molar-refractivity contribution in [1.82, 2.24) is 9.13 Å². The van der Waals surface area contributed by atoms with Crippen LogP contribution < -0.4 is 19.6 Å². The molecule has 1 atom stereocenters. The third kappa shape index (κ3) is 4.74. The first-order valence-corrected chi connectivity index (χ1v) is 13.3. The molecule has 1 aliphatic heterocycles. The lowest BCUT2D eigenvalue weighted by molar-refractivity contribution is -0.139. The summed E-state index contributed by atoms with van der Waals surface area (Å²) >= 11 is 1.27. The summed E-state index contributed by atoms with van der Waals surface area (Å²) in [5, 5.41) is 0. The maximum absolute atomic E-state index is 13.9. The van der Waals surface area contributed by atoms with Gasteiger partial charge in [-0.25, -0.2) is 14.2 Å². The van der Waals surface area contributed by atoms with E-state index in [1.54, 1.807) is 37.7 Å². The zero-order valence-corrected chi connectivity index (χ0v) is 23.1. The van der Waals surface area contributed by atoms with Crippen molar-refractivity contribution in [1.29, 1.82) is 0 Å². The molecule has 5 rings (SSSR count). The summed E-state index contributed by atoms with van der Waals surface area (Å²) in [6.45, 7) is 7.63. The van der Waals surface area contributed by atoms with Gasteiger partial charge in [-0.3, -0.25) is 9.36 Å². The number of benzene rings is 2. The predicted octanol–water partition coefficient (Wildman–Crippen LogP) is 4.35. The highest BCUT2D eigenvalue weighted by molar-refractivity contribution is 7.07. The van der Waals surface area contributed by atoms with Crippen LogP contribution in [0.4, 0.5) is 4.39 Å². The largest absolute Gasteiger partial charge is 0.497 e. The molecule has 2 aromatic carbocycles. The normalized spacial score (nSPS) is 15.2. The molecule has 0 spiro atoms. The molecule has 0 N–H and O–H groups in total. The molecule has 7 nitrogen and oxygen atoms in total. The monoisotopic (exact) mass is 545 g/mol. The van der Waals surface area contributed by atoms with E-state index in [1.165, 1.54) is 23.5 Å². The molecule has 2 aromatic heterocycles. The Morgan fingerprint density at radius 3 is 2.56 bits per heavy atom. The second-order valence-electron chi connectivity index (χ2n) is 9.22. The van der Waals surface area contributed by atoms with Crippen molar-refractivity contribution in [3.05, 3.63) is 114 Å². The zero-order chi connectivity index (χ0) is 27.8.